The number of hydrogen-bond acceptors (Lipinski definition) is 3. The summed E-state index contributed by atoms with van der Waals surface area (Å²) in [7, 11) is -0.825. The summed E-state index contributed by atoms with van der Waals surface area (Å²) < 4.78 is 11.4. The molecule has 0 saturated carbocycles. The maximum atomic E-state index is 11.4. The molecule has 0 fully saturated rings. The van der Waals surface area contributed by atoms with Crippen molar-refractivity contribution in [2.75, 3.05) is 5.75 Å². The van der Waals surface area contributed by atoms with E-state index < -0.39 is 10.8 Å². The molecule has 0 aliphatic carbocycles. The summed E-state index contributed by atoms with van der Waals surface area (Å²) in [5, 5.41) is -0.0105. The number of nitrogens with zero attached hydrogens (tertiary/aromatic N) is 2. The van der Waals surface area contributed by atoms with Crippen LogP contribution in [0.15, 0.2) is 18.6 Å². The molecule has 66 valence electrons. The minimum Gasteiger partial charge on any atom is -0.261 e. The molecular weight excluding hydrogens is 172 g/mol. The van der Waals surface area contributed by atoms with E-state index in [4.69, 9.17) is 0 Å². The summed E-state index contributed by atoms with van der Waals surface area (Å²) in [4.78, 5) is 8.02. The highest BCUT2D eigenvalue weighted by Crippen LogP contribution is 2.14. The standard InChI is InChI=1S/C8H12N2OS/c1-3-12(11)7(2)8-6-9-4-5-10-8/h4-7H,3H2,1-2H3. The van der Waals surface area contributed by atoms with Gasteiger partial charge in [-0.1, -0.05) is 6.92 Å². The SMILES string of the molecule is CCS(=O)C(C)c1cnccn1. The molecule has 0 bridgehead atoms. The monoisotopic (exact) mass is 184 g/mol. The normalized spacial score (nSPS) is 15.5. The summed E-state index contributed by atoms with van der Waals surface area (Å²) in [5.74, 6) is 0.664. The van der Waals surface area contributed by atoms with Gasteiger partial charge in [-0.2, -0.15) is 0 Å². The Balaban J connectivity index is 2.78. The third-order valence-corrected chi connectivity index (χ3v) is 3.28. The summed E-state index contributed by atoms with van der Waals surface area (Å²) in [6.07, 6.45) is 4.90. The van der Waals surface area contributed by atoms with Crippen molar-refractivity contribution in [3.63, 3.8) is 0 Å². The lowest BCUT2D eigenvalue weighted by Gasteiger charge is -2.07. The van der Waals surface area contributed by atoms with Crippen molar-refractivity contribution in [3.05, 3.63) is 24.3 Å². The van der Waals surface area contributed by atoms with Gasteiger partial charge in [-0.3, -0.25) is 14.2 Å². The van der Waals surface area contributed by atoms with Gasteiger partial charge in [0.05, 0.1) is 10.9 Å². The fraction of sp³-hybridized carbons (Fsp3) is 0.500. The van der Waals surface area contributed by atoms with E-state index in [-0.39, 0.29) is 5.25 Å². The van der Waals surface area contributed by atoms with Crippen LogP contribution < -0.4 is 0 Å². The molecular formula is C8H12N2OS. The Kier molecular flexibility index (Phi) is 3.34. The predicted octanol–water partition coefficient (Wildman–Crippen LogP) is 1.31. The molecule has 0 N–H and O–H groups in total. The Morgan fingerprint density at radius 1 is 1.58 bits per heavy atom. The average molecular weight is 184 g/mol. The molecule has 0 aromatic carbocycles. The third-order valence-electron chi connectivity index (χ3n) is 1.68. The molecule has 2 atom stereocenters. The molecule has 12 heavy (non-hydrogen) atoms. The van der Waals surface area contributed by atoms with E-state index in [9.17, 15) is 4.21 Å². The van der Waals surface area contributed by atoms with Gasteiger partial charge < -0.3 is 0 Å². The van der Waals surface area contributed by atoms with Crippen molar-refractivity contribution in [2.45, 2.75) is 19.1 Å². The van der Waals surface area contributed by atoms with E-state index in [2.05, 4.69) is 9.97 Å². The summed E-state index contributed by atoms with van der Waals surface area (Å²) in [6.45, 7) is 3.81. The van der Waals surface area contributed by atoms with Gasteiger partial charge in [-0.05, 0) is 6.92 Å². The number of aromatic nitrogens is 2. The van der Waals surface area contributed by atoms with Gasteiger partial charge in [0.1, 0.15) is 0 Å². The highest BCUT2D eigenvalue weighted by molar-refractivity contribution is 7.85. The highest BCUT2D eigenvalue weighted by Gasteiger charge is 2.12. The fourth-order valence-corrected chi connectivity index (χ4v) is 1.80. The van der Waals surface area contributed by atoms with E-state index in [1.807, 2.05) is 13.8 Å². The topological polar surface area (TPSA) is 42.9 Å². The first kappa shape index (κ1) is 9.32. The smallest absolute Gasteiger partial charge is 0.0756 e. The highest BCUT2D eigenvalue weighted by atomic mass is 32.2. The largest absolute Gasteiger partial charge is 0.261 e. The van der Waals surface area contributed by atoms with E-state index in [1.165, 1.54) is 0 Å². The van der Waals surface area contributed by atoms with E-state index >= 15 is 0 Å². The van der Waals surface area contributed by atoms with Gasteiger partial charge in [0.25, 0.3) is 0 Å². The molecule has 1 heterocycles. The maximum absolute atomic E-state index is 11.4. The fourth-order valence-electron chi connectivity index (χ4n) is 0.905. The minimum absolute atomic E-state index is 0.0105. The Hall–Kier alpha value is -0.770. The van der Waals surface area contributed by atoms with Crippen LogP contribution in [0.3, 0.4) is 0 Å². The molecule has 1 aromatic rings. The van der Waals surface area contributed by atoms with Crippen molar-refractivity contribution in [3.8, 4) is 0 Å². The van der Waals surface area contributed by atoms with Crippen LogP contribution >= 0.6 is 0 Å². The Labute approximate surface area is 74.7 Å². The Morgan fingerprint density at radius 3 is 2.83 bits per heavy atom. The van der Waals surface area contributed by atoms with Crippen molar-refractivity contribution in [1.82, 2.24) is 9.97 Å². The summed E-state index contributed by atoms with van der Waals surface area (Å²) in [5.41, 5.74) is 0.803. The molecule has 0 radical (unpaired) electrons. The molecule has 3 nitrogen and oxygen atoms in total. The first-order valence-electron chi connectivity index (χ1n) is 3.88. The van der Waals surface area contributed by atoms with Crippen molar-refractivity contribution in [1.29, 1.82) is 0 Å². The van der Waals surface area contributed by atoms with Crippen LogP contribution in [0.25, 0.3) is 0 Å². The minimum atomic E-state index is -0.825. The third kappa shape index (κ3) is 2.11. The van der Waals surface area contributed by atoms with Crippen molar-refractivity contribution < 1.29 is 4.21 Å². The zero-order valence-corrected chi connectivity index (χ0v) is 8.04. The summed E-state index contributed by atoms with van der Waals surface area (Å²) >= 11 is 0. The Morgan fingerprint density at radius 2 is 2.33 bits per heavy atom. The maximum Gasteiger partial charge on any atom is 0.0756 e. The quantitative estimate of drug-likeness (QED) is 0.711. The lowest BCUT2D eigenvalue weighted by atomic mass is 10.3. The molecule has 0 saturated heterocycles. The van der Waals surface area contributed by atoms with Gasteiger partial charge in [0.2, 0.25) is 0 Å². The lowest BCUT2D eigenvalue weighted by Crippen LogP contribution is -2.06. The first-order valence-corrected chi connectivity index (χ1v) is 5.27. The van der Waals surface area contributed by atoms with Gasteiger partial charge in [-0.15, -0.1) is 0 Å². The summed E-state index contributed by atoms with van der Waals surface area (Å²) in [6, 6.07) is 0. The van der Waals surface area contributed by atoms with Crippen LogP contribution in [0.2, 0.25) is 0 Å². The second-order valence-corrected chi connectivity index (χ2v) is 4.49. The van der Waals surface area contributed by atoms with E-state index in [0.717, 1.165) is 5.69 Å². The molecule has 1 rings (SSSR count). The number of hydrogen-bond donors (Lipinski definition) is 0. The van der Waals surface area contributed by atoms with Crippen LogP contribution in [0.5, 0.6) is 0 Å². The first-order chi connectivity index (χ1) is 5.75. The molecule has 0 aliphatic rings. The molecule has 4 heteroatoms. The van der Waals surface area contributed by atoms with Crippen LogP contribution in [0, 0.1) is 0 Å². The molecule has 0 amide bonds. The molecule has 0 spiro atoms. The van der Waals surface area contributed by atoms with Crippen LogP contribution in [0.4, 0.5) is 0 Å². The second kappa shape index (κ2) is 4.30. The van der Waals surface area contributed by atoms with Crippen molar-refractivity contribution >= 4 is 10.8 Å². The van der Waals surface area contributed by atoms with E-state index in [0.29, 0.717) is 5.75 Å². The predicted molar refractivity (Wildman–Crippen MR) is 49.1 cm³/mol. The zero-order chi connectivity index (χ0) is 8.97. The van der Waals surface area contributed by atoms with Crippen LogP contribution in [-0.4, -0.2) is 19.9 Å². The lowest BCUT2D eigenvalue weighted by molar-refractivity contribution is 0.675. The van der Waals surface area contributed by atoms with Crippen LogP contribution in [0.1, 0.15) is 24.8 Å². The van der Waals surface area contributed by atoms with Gasteiger partial charge >= 0.3 is 0 Å². The van der Waals surface area contributed by atoms with Crippen LogP contribution in [-0.2, 0) is 10.8 Å². The second-order valence-electron chi connectivity index (χ2n) is 2.44. The molecule has 0 aliphatic heterocycles. The molecule has 2 unspecified atom stereocenters. The zero-order valence-electron chi connectivity index (χ0n) is 7.23. The van der Waals surface area contributed by atoms with E-state index in [1.54, 1.807) is 18.6 Å². The van der Waals surface area contributed by atoms with Gasteiger partial charge in [0, 0.05) is 35.1 Å². The molecule has 1 aromatic heterocycles. The van der Waals surface area contributed by atoms with Crippen molar-refractivity contribution in [2.24, 2.45) is 0 Å². The number of rotatable bonds is 3. The Bertz CT molecular complexity index is 263. The average Bonchev–Trinajstić information content (AvgIpc) is 2.17. The van der Waals surface area contributed by atoms with Gasteiger partial charge in [0.15, 0.2) is 0 Å². The van der Waals surface area contributed by atoms with Gasteiger partial charge in [-0.25, -0.2) is 0 Å².